The van der Waals surface area contributed by atoms with Crippen molar-refractivity contribution in [3.8, 4) is 6.07 Å². The number of carbonyl (C=O) groups excluding carboxylic acids is 1. The number of rotatable bonds is 5. The van der Waals surface area contributed by atoms with E-state index in [4.69, 9.17) is 21.3 Å². The second-order valence-electron chi connectivity index (χ2n) is 10.6. The maximum Gasteiger partial charge on any atom is 0.410 e. The van der Waals surface area contributed by atoms with E-state index in [-0.39, 0.29) is 30.4 Å². The molecule has 208 valence electrons. The first kappa shape index (κ1) is 26.9. The number of carbonyl (C=O) groups is 1. The molecule has 4 aromatic rings. The number of anilines is 2. The fraction of sp³-hybridized carbons (Fsp3) is 0.312. The topological polar surface area (TPSA) is 85.6 Å². The Morgan fingerprint density at radius 1 is 1.05 bits per heavy atom. The molecule has 41 heavy (non-hydrogen) atoms. The molecular weight excluding hydrogens is 536 g/mol. The maximum atomic E-state index is 13.1. The van der Waals surface area contributed by atoms with Crippen LogP contribution in [0.4, 0.5) is 16.3 Å². The zero-order valence-corrected chi connectivity index (χ0v) is 23.7. The lowest BCUT2D eigenvalue weighted by Crippen LogP contribution is -2.59. The normalized spacial score (nSPS) is 18.6. The number of amides is 1. The van der Waals surface area contributed by atoms with Crippen molar-refractivity contribution < 1.29 is 9.53 Å². The SMILES string of the molecule is CC1CN(C(=O)OCc2ccccc2)C(CC#N)CN1c1nc(Cl)nc2c1CCN(c1cccc3ccccc13)C2. The quantitative estimate of drug-likeness (QED) is 0.275. The molecule has 9 heteroatoms. The van der Waals surface area contributed by atoms with Gasteiger partial charge in [0.05, 0.1) is 30.8 Å². The van der Waals surface area contributed by atoms with Crippen LogP contribution < -0.4 is 9.80 Å². The Hall–Kier alpha value is -4.35. The van der Waals surface area contributed by atoms with Gasteiger partial charge in [0.25, 0.3) is 0 Å². The monoisotopic (exact) mass is 566 g/mol. The molecule has 3 heterocycles. The minimum Gasteiger partial charge on any atom is -0.445 e. The van der Waals surface area contributed by atoms with Gasteiger partial charge in [-0.1, -0.05) is 66.7 Å². The summed E-state index contributed by atoms with van der Waals surface area (Å²) in [6, 6.07) is 26.2. The highest BCUT2D eigenvalue weighted by Crippen LogP contribution is 2.35. The van der Waals surface area contributed by atoms with E-state index in [1.807, 2.05) is 30.3 Å². The number of hydrogen-bond donors (Lipinski definition) is 0. The van der Waals surface area contributed by atoms with Crippen molar-refractivity contribution in [2.45, 2.75) is 45.0 Å². The van der Waals surface area contributed by atoms with Gasteiger partial charge in [0.2, 0.25) is 5.28 Å². The van der Waals surface area contributed by atoms with E-state index < -0.39 is 6.09 Å². The molecule has 1 fully saturated rings. The Kier molecular flexibility index (Phi) is 7.62. The highest BCUT2D eigenvalue weighted by atomic mass is 35.5. The molecule has 0 N–H and O–H groups in total. The summed E-state index contributed by atoms with van der Waals surface area (Å²) in [5.74, 6) is 0.797. The van der Waals surface area contributed by atoms with Gasteiger partial charge in [0.1, 0.15) is 12.4 Å². The molecule has 6 rings (SSSR count). The summed E-state index contributed by atoms with van der Waals surface area (Å²) in [7, 11) is 0. The van der Waals surface area contributed by atoms with Crippen LogP contribution in [0, 0.1) is 11.3 Å². The van der Waals surface area contributed by atoms with E-state index in [2.05, 4.69) is 70.2 Å². The van der Waals surface area contributed by atoms with E-state index in [0.717, 1.165) is 35.6 Å². The van der Waals surface area contributed by atoms with Crippen molar-refractivity contribution in [1.82, 2.24) is 14.9 Å². The number of piperazine rings is 1. The average Bonchev–Trinajstić information content (AvgIpc) is 3.00. The summed E-state index contributed by atoms with van der Waals surface area (Å²) in [4.78, 5) is 28.7. The lowest BCUT2D eigenvalue weighted by Gasteiger charge is -2.45. The second kappa shape index (κ2) is 11.6. The molecular formula is C32H31ClN6O2. The first-order valence-corrected chi connectivity index (χ1v) is 14.3. The molecule has 2 aliphatic heterocycles. The van der Waals surface area contributed by atoms with E-state index >= 15 is 0 Å². The molecule has 1 saturated heterocycles. The Morgan fingerprint density at radius 3 is 2.66 bits per heavy atom. The standard InChI is InChI=1S/C32H31ClN6O2/c1-22-18-39(32(40)41-21-23-8-3-2-4-9-23)25(14-16-34)19-38(22)30-27-15-17-37(20-28(27)35-31(33)36-30)29-13-7-11-24-10-5-6-12-26(24)29/h2-13,22,25H,14-15,17-21H2,1H3. The Balaban J connectivity index is 1.24. The van der Waals surface area contributed by atoms with E-state index in [1.165, 1.54) is 16.5 Å². The summed E-state index contributed by atoms with van der Waals surface area (Å²) in [5.41, 5.74) is 4.08. The number of nitriles is 1. The van der Waals surface area contributed by atoms with Crippen LogP contribution in [0.3, 0.4) is 0 Å². The van der Waals surface area contributed by atoms with Crippen molar-refractivity contribution in [1.29, 1.82) is 5.26 Å². The lowest BCUT2D eigenvalue weighted by molar-refractivity contribution is 0.0709. The van der Waals surface area contributed by atoms with Crippen LogP contribution in [0.25, 0.3) is 10.8 Å². The summed E-state index contributed by atoms with van der Waals surface area (Å²) in [6.45, 7) is 4.57. The molecule has 2 atom stereocenters. The number of halogens is 1. The number of fused-ring (bicyclic) bond motifs is 2. The molecule has 2 unspecified atom stereocenters. The van der Waals surface area contributed by atoms with Crippen LogP contribution in [0.1, 0.15) is 30.2 Å². The Morgan fingerprint density at radius 2 is 1.83 bits per heavy atom. The lowest BCUT2D eigenvalue weighted by atomic mass is 10.00. The molecule has 0 spiro atoms. The largest absolute Gasteiger partial charge is 0.445 e. The molecule has 0 aliphatic carbocycles. The van der Waals surface area contributed by atoms with E-state index in [0.29, 0.717) is 19.6 Å². The highest BCUT2D eigenvalue weighted by molar-refractivity contribution is 6.28. The first-order valence-electron chi connectivity index (χ1n) is 13.9. The fourth-order valence-electron chi connectivity index (χ4n) is 5.95. The van der Waals surface area contributed by atoms with Crippen molar-refractivity contribution in [2.24, 2.45) is 0 Å². The van der Waals surface area contributed by atoms with Gasteiger partial charge in [0.15, 0.2) is 0 Å². The van der Waals surface area contributed by atoms with Crippen molar-refractivity contribution in [2.75, 3.05) is 29.4 Å². The molecule has 1 aromatic heterocycles. The number of aromatic nitrogens is 2. The minimum atomic E-state index is -0.408. The van der Waals surface area contributed by atoms with E-state index in [9.17, 15) is 10.1 Å². The third-order valence-corrected chi connectivity index (χ3v) is 8.17. The van der Waals surface area contributed by atoms with Crippen LogP contribution in [-0.2, 0) is 24.3 Å². The van der Waals surface area contributed by atoms with Crippen LogP contribution in [0.15, 0.2) is 72.8 Å². The van der Waals surface area contributed by atoms with Gasteiger partial charge in [0, 0.05) is 42.3 Å². The molecule has 8 nitrogen and oxygen atoms in total. The zero-order valence-electron chi connectivity index (χ0n) is 22.9. The number of benzene rings is 3. The van der Waals surface area contributed by atoms with Crippen LogP contribution in [0.5, 0.6) is 0 Å². The maximum absolute atomic E-state index is 13.1. The van der Waals surface area contributed by atoms with Gasteiger partial charge < -0.3 is 19.4 Å². The highest BCUT2D eigenvalue weighted by Gasteiger charge is 2.38. The third kappa shape index (κ3) is 5.50. The summed E-state index contributed by atoms with van der Waals surface area (Å²) >= 11 is 6.51. The van der Waals surface area contributed by atoms with Gasteiger partial charge >= 0.3 is 6.09 Å². The van der Waals surface area contributed by atoms with Crippen molar-refractivity contribution in [3.63, 3.8) is 0 Å². The molecule has 0 radical (unpaired) electrons. The van der Waals surface area contributed by atoms with Crippen molar-refractivity contribution in [3.05, 3.63) is 94.9 Å². The summed E-state index contributed by atoms with van der Waals surface area (Å²) < 4.78 is 5.63. The Labute approximate surface area is 244 Å². The molecule has 2 aliphatic rings. The predicted molar refractivity (Wildman–Crippen MR) is 160 cm³/mol. The smallest absolute Gasteiger partial charge is 0.410 e. The number of hydrogen-bond acceptors (Lipinski definition) is 7. The molecule has 3 aromatic carbocycles. The van der Waals surface area contributed by atoms with Gasteiger partial charge in [-0.3, -0.25) is 0 Å². The average molecular weight is 567 g/mol. The molecule has 1 amide bonds. The molecule has 0 saturated carbocycles. The summed E-state index contributed by atoms with van der Waals surface area (Å²) in [6.07, 6.45) is 0.550. The van der Waals surface area contributed by atoms with Crippen LogP contribution >= 0.6 is 11.6 Å². The van der Waals surface area contributed by atoms with Gasteiger partial charge in [-0.2, -0.15) is 5.26 Å². The van der Waals surface area contributed by atoms with Gasteiger partial charge in [-0.15, -0.1) is 0 Å². The number of ether oxygens (including phenoxy) is 1. The van der Waals surface area contributed by atoms with Crippen LogP contribution in [-0.4, -0.2) is 52.7 Å². The fourth-order valence-corrected chi connectivity index (χ4v) is 6.13. The predicted octanol–water partition coefficient (Wildman–Crippen LogP) is 5.98. The van der Waals surface area contributed by atoms with Crippen molar-refractivity contribution >= 4 is 40.0 Å². The summed E-state index contributed by atoms with van der Waals surface area (Å²) in [5, 5.41) is 12.2. The third-order valence-electron chi connectivity index (χ3n) is 8.00. The van der Waals surface area contributed by atoms with Gasteiger partial charge in [-0.25, -0.2) is 14.8 Å². The molecule has 0 bridgehead atoms. The zero-order chi connectivity index (χ0) is 28.3. The van der Waals surface area contributed by atoms with Crippen LogP contribution in [0.2, 0.25) is 5.28 Å². The number of nitrogens with zero attached hydrogens (tertiary/aromatic N) is 6. The van der Waals surface area contributed by atoms with Gasteiger partial charge in [-0.05, 0) is 42.0 Å². The second-order valence-corrected chi connectivity index (χ2v) is 11.0. The Bertz CT molecular complexity index is 1600. The first-order chi connectivity index (χ1) is 20.0. The minimum absolute atomic E-state index is 0.0552. The van der Waals surface area contributed by atoms with E-state index in [1.54, 1.807) is 4.90 Å².